The number of amides is 1. The molecule has 1 atom stereocenters. The number of rotatable bonds is 8. The molecule has 5 heteroatoms. The molecule has 0 saturated carbocycles. The number of nitrogens with one attached hydrogen (secondary N) is 1. The summed E-state index contributed by atoms with van der Waals surface area (Å²) in [5, 5.41) is 11.8. The maximum absolute atomic E-state index is 12.1. The first-order chi connectivity index (χ1) is 9.92. The SMILES string of the molecule is CSc1ccc(C(=O)NC[C@H](CC(=O)O)CC(C)C)cc1. The highest BCUT2D eigenvalue weighted by Crippen LogP contribution is 2.16. The van der Waals surface area contributed by atoms with Gasteiger partial charge < -0.3 is 10.4 Å². The number of carboxylic acids is 1. The molecule has 0 aliphatic carbocycles. The highest BCUT2D eigenvalue weighted by atomic mass is 32.2. The second-order valence-electron chi connectivity index (χ2n) is 5.53. The van der Waals surface area contributed by atoms with Crippen LogP contribution < -0.4 is 5.32 Å². The van der Waals surface area contributed by atoms with E-state index < -0.39 is 5.97 Å². The zero-order valence-corrected chi connectivity index (χ0v) is 13.6. The molecule has 21 heavy (non-hydrogen) atoms. The zero-order valence-electron chi connectivity index (χ0n) is 12.8. The van der Waals surface area contributed by atoms with Crippen molar-refractivity contribution in [3.63, 3.8) is 0 Å². The summed E-state index contributed by atoms with van der Waals surface area (Å²) in [6.07, 6.45) is 2.86. The van der Waals surface area contributed by atoms with E-state index >= 15 is 0 Å². The lowest BCUT2D eigenvalue weighted by Crippen LogP contribution is -2.31. The minimum Gasteiger partial charge on any atom is -0.481 e. The van der Waals surface area contributed by atoms with Gasteiger partial charge in [-0.25, -0.2) is 0 Å². The van der Waals surface area contributed by atoms with Crippen LogP contribution in [0.2, 0.25) is 0 Å². The van der Waals surface area contributed by atoms with Gasteiger partial charge in [-0.2, -0.15) is 0 Å². The lowest BCUT2D eigenvalue weighted by Gasteiger charge is -2.17. The quantitative estimate of drug-likeness (QED) is 0.723. The predicted octanol–water partition coefficient (Wildman–Crippen LogP) is 3.28. The monoisotopic (exact) mass is 309 g/mol. The number of hydrogen-bond acceptors (Lipinski definition) is 3. The Morgan fingerprint density at radius 3 is 2.33 bits per heavy atom. The second-order valence-corrected chi connectivity index (χ2v) is 6.41. The van der Waals surface area contributed by atoms with Crippen LogP contribution in [0.15, 0.2) is 29.2 Å². The molecule has 2 N–H and O–H groups in total. The standard InChI is InChI=1S/C16H23NO3S/c1-11(2)8-12(9-15(18)19)10-17-16(20)13-4-6-14(21-3)7-5-13/h4-7,11-12H,8-10H2,1-3H3,(H,17,20)(H,18,19)/t12-/m0/s1. The summed E-state index contributed by atoms with van der Waals surface area (Å²) in [4.78, 5) is 24.0. The minimum absolute atomic E-state index is 0.0306. The van der Waals surface area contributed by atoms with E-state index in [1.54, 1.807) is 23.9 Å². The van der Waals surface area contributed by atoms with Crippen LogP contribution in [0.1, 0.15) is 37.0 Å². The molecular weight excluding hydrogens is 286 g/mol. The molecule has 1 aromatic rings. The molecule has 1 rings (SSSR count). The highest BCUT2D eigenvalue weighted by Gasteiger charge is 2.16. The fourth-order valence-electron chi connectivity index (χ4n) is 2.23. The minimum atomic E-state index is -0.820. The van der Waals surface area contributed by atoms with Crippen molar-refractivity contribution in [1.29, 1.82) is 0 Å². The number of thioether (sulfide) groups is 1. The number of benzene rings is 1. The van der Waals surface area contributed by atoms with Crippen LogP contribution in [-0.4, -0.2) is 29.8 Å². The molecule has 0 spiro atoms. The van der Waals surface area contributed by atoms with Crippen LogP contribution in [0, 0.1) is 11.8 Å². The lowest BCUT2D eigenvalue weighted by atomic mass is 9.94. The Labute approximate surface area is 130 Å². The smallest absolute Gasteiger partial charge is 0.303 e. The Morgan fingerprint density at radius 2 is 1.86 bits per heavy atom. The largest absolute Gasteiger partial charge is 0.481 e. The van der Waals surface area contributed by atoms with Crippen molar-refractivity contribution in [3.05, 3.63) is 29.8 Å². The molecule has 0 aliphatic rings. The highest BCUT2D eigenvalue weighted by molar-refractivity contribution is 7.98. The predicted molar refractivity (Wildman–Crippen MR) is 85.8 cm³/mol. The molecule has 0 bridgehead atoms. The molecule has 116 valence electrons. The average molecular weight is 309 g/mol. The summed E-state index contributed by atoms with van der Waals surface area (Å²) in [5.74, 6) is -0.593. The van der Waals surface area contributed by atoms with Crippen LogP contribution in [-0.2, 0) is 4.79 Å². The zero-order chi connectivity index (χ0) is 15.8. The Kier molecular flexibility index (Phi) is 7.29. The first-order valence-electron chi connectivity index (χ1n) is 7.06. The normalized spacial score (nSPS) is 12.2. The summed E-state index contributed by atoms with van der Waals surface area (Å²) in [6.45, 7) is 4.50. The molecule has 0 fully saturated rings. The molecule has 0 aromatic heterocycles. The number of hydrogen-bond donors (Lipinski definition) is 2. The third-order valence-corrected chi connectivity index (χ3v) is 3.92. The van der Waals surface area contributed by atoms with Gasteiger partial charge in [0.2, 0.25) is 0 Å². The van der Waals surface area contributed by atoms with Gasteiger partial charge in [-0.3, -0.25) is 9.59 Å². The first-order valence-corrected chi connectivity index (χ1v) is 8.29. The van der Waals surface area contributed by atoms with Gasteiger partial charge in [-0.1, -0.05) is 13.8 Å². The van der Waals surface area contributed by atoms with Crippen molar-refractivity contribution in [2.75, 3.05) is 12.8 Å². The summed E-state index contributed by atoms with van der Waals surface area (Å²) in [7, 11) is 0. The van der Waals surface area contributed by atoms with Gasteiger partial charge in [-0.15, -0.1) is 11.8 Å². The molecule has 0 unspecified atom stereocenters. The average Bonchev–Trinajstić information content (AvgIpc) is 2.43. The first kappa shape index (κ1) is 17.6. The summed E-state index contributed by atoms with van der Waals surface area (Å²) in [6, 6.07) is 7.39. The summed E-state index contributed by atoms with van der Waals surface area (Å²) in [5.41, 5.74) is 0.603. The molecule has 0 saturated heterocycles. The van der Waals surface area contributed by atoms with Gasteiger partial charge in [0.05, 0.1) is 0 Å². The van der Waals surface area contributed by atoms with E-state index in [9.17, 15) is 9.59 Å². The fourth-order valence-corrected chi connectivity index (χ4v) is 2.64. The number of carbonyl (C=O) groups is 2. The van der Waals surface area contributed by atoms with Crippen molar-refractivity contribution in [1.82, 2.24) is 5.32 Å². The van der Waals surface area contributed by atoms with Gasteiger partial charge in [0, 0.05) is 23.4 Å². The molecule has 0 aliphatic heterocycles. The Bertz CT molecular complexity index is 471. The number of aliphatic carboxylic acids is 1. The van der Waals surface area contributed by atoms with E-state index in [1.807, 2.05) is 18.4 Å². The molecular formula is C16H23NO3S. The Hall–Kier alpha value is -1.49. The third-order valence-electron chi connectivity index (χ3n) is 3.17. The van der Waals surface area contributed by atoms with Gasteiger partial charge in [0.15, 0.2) is 0 Å². The molecule has 0 radical (unpaired) electrons. The van der Waals surface area contributed by atoms with Crippen LogP contribution >= 0.6 is 11.8 Å². The molecule has 1 amide bonds. The second kappa shape index (κ2) is 8.72. The van der Waals surface area contributed by atoms with Gasteiger partial charge in [0.25, 0.3) is 5.91 Å². The van der Waals surface area contributed by atoms with Crippen molar-refractivity contribution in [2.24, 2.45) is 11.8 Å². The van der Waals surface area contributed by atoms with E-state index in [0.717, 1.165) is 11.3 Å². The van der Waals surface area contributed by atoms with Crippen molar-refractivity contribution >= 4 is 23.6 Å². The molecule has 4 nitrogen and oxygen atoms in total. The van der Waals surface area contributed by atoms with Gasteiger partial charge >= 0.3 is 5.97 Å². The Balaban J connectivity index is 2.56. The van der Waals surface area contributed by atoms with Gasteiger partial charge in [-0.05, 0) is 48.8 Å². The maximum atomic E-state index is 12.1. The summed E-state index contributed by atoms with van der Waals surface area (Å²) < 4.78 is 0. The van der Waals surface area contributed by atoms with Crippen molar-refractivity contribution in [2.45, 2.75) is 31.6 Å². The summed E-state index contributed by atoms with van der Waals surface area (Å²) >= 11 is 1.62. The van der Waals surface area contributed by atoms with Gasteiger partial charge in [0.1, 0.15) is 0 Å². The molecule has 0 heterocycles. The van der Waals surface area contributed by atoms with E-state index in [-0.39, 0.29) is 18.2 Å². The number of carbonyl (C=O) groups excluding carboxylic acids is 1. The van der Waals surface area contributed by atoms with E-state index in [0.29, 0.717) is 18.0 Å². The van der Waals surface area contributed by atoms with E-state index in [1.165, 1.54) is 0 Å². The maximum Gasteiger partial charge on any atom is 0.303 e. The Morgan fingerprint density at radius 1 is 1.24 bits per heavy atom. The van der Waals surface area contributed by atoms with E-state index in [4.69, 9.17) is 5.11 Å². The van der Waals surface area contributed by atoms with Crippen LogP contribution in [0.5, 0.6) is 0 Å². The number of carboxylic acid groups (broad SMARTS) is 1. The van der Waals surface area contributed by atoms with Crippen LogP contribution in [0.3, 0.4) is 0 Å². The van der Waals surface area contributed by atoms with Crippen molar-refractivity contribution < 1.29 is 14.7 Å². The molecule has 1 aromatic carbocycles. The topological polar surface area (TPSA) is 66.4 Å². The van der Waals surface area contributed by atoms with E-state index in [2.05, 4.69) is 19.2 Å². The third kappa shape index (κ3) is 6.67. The lowest BCUT2D eigenvalue weighted by molar-refractivity contribution is -0.138. The fraction of sp³-hybridized carbons (Fsp3) is 0.500. The van der Waals surface area contributed by atoms with Crippen LogP contribution in [0.4, 0.5) is 0 Å². The van der Waals surface area contributed by atoms with Crippen LogP contribution in [0.25, 0.3) is 0 Å². The van der Waals surface area contributed by atoms with Crippen molar-refractivity contribution in [3.8, 4) is 0 Å².